The van der Waals surface area contributed by atoms with Crippen molar-refractivity contribution in [1.29, 1.82) is 0 Å². The number of piperazine rings is 1. The van der Waals surface area contributed by atoms with Gasteiger partial charge in [0.2, 0.25) is 0 Å². The number of para-hydroxylation sites is 1. The van der Waals surface area contributed by atoms with Gasteiger partial charge in [-0.05, 0) is 24.3 Å². The van der Waals surface area contributed by atoms with E-state index in [4.69, 9.17) is 11.6 Å². The van der Waals surface area contributed by atoms with E-state index in [2.05, 4.69) is 9.64 Å². The van der Waals surface area contributed by atoms with E-state index in [0.717, 1.165) is 18.8 Å². The zero-order valence-corrected chi connectivity index (χ0v) is 16.4. The molecular formula is C20H17ClF2N2O2S. The highest BCUT2D eigenvalue weighted by Gasteiger charge is 2.27. The molecule has 1 aromatic heterocycles. The van der Waals surface area contributed by atoms with E-state index in [0.29, 0.717) is 28.1 Å². The number of fused-ring (bicyclic) bond motifs is 1. The number of alkyl halides is 2. The average molecular weight is 423 g/mol. The molecule has 146 valence electrons. The Balaban J connectivity index is 1.54. The Labute approximate surface area is 169 Å². The summed E-state index contributed by atoms with van der Waals surface area (Å²) in [5.41, 5.74) is 1.13. The van der Waals surface area contributed by atoms with Crippen LogP contribution in [0.15, 0.2) is 48.5 Å². The first-order chi connectivity index (χ1) is 13.5. The van der Waals surface area contributed by atoms with Crippen LogP contribution in [0.2, 0.25) is 5.02 Å². The first kappa shape index (κ1) is 19.0. The average Bonchev–Trinajstić information content (AvgIpc) is 3.05. The standard InChI is InChI=1S/C20H17ClF2N2O2S/c21-17-16-14(27-20(22)23)7-4-8-15(16)28-18(17)19(26)25-11-9-24(10-12-25)13-5-2-1-3-6-13/h1-8,20H,9-12H2. The van der Waals surface area contributed by atoms with Gasteiger partial charge >= 0.3 is 6.61 Å². The van der Waals surface area contributed by atoms with Crippen molar-refractivity contribution < 1.29 is 18.3 Å². The molecule has 0 N–H and O–H groups in total. The third kappa shape index (κ3) is 3.64. The van der Waals surface area contributed by atoms with Gasteiger partial charge in [0.15, 0.2) is 0 Å². The third-order valence-corrected chi connectivity index (χ3v) is 6.35. The molecule has 1 saturated heterocycles. The molecule has 0 spiro atoms. The van der Waals surface area contributed by atoms with E-state index in [9.17, 15) is 13.6 Å². The van der Waals surface area contributed by atoms with Crippen LogP contribution >= 0.6 is 22.9 Å². The van der Waals surface area contributed by atoms with Gasteiger partial charge < -0.3 is 14.5 Å². The van der Waals surface area contributed by atoms with Crippen molar-refractivity contribution in [3.8, 4) is 5.75 Å². The van der Waals surface area contributed by atoms with E-state index in [1.165, 1.54) is 17.4 Å². The second-order valence-corrected chi connectivity index (χ2v) is 7.80. The smallest absolute Gasteiger partial charge is 0.387 e. The topological polar surface area (TPSA) is 32.8 Å². The molecule has 0 atom stereocenters. The second kappa shape index (κ2) is 7.93. The predicted molar refractivity (Wildman–Crippen MR) is 108 cm³/mol. The maximum Gasteiger partial charge on any atom is 0.387 e. The SMILES string of the molecule is O=C(c1sc2cccc(OC(F)F)c2c1Cl)N1CCN(c2ccccc2)CC1. The number of halogens is 3. The van der Waals surface area contributed by atoms with Crippen LogP contribution in [0, 0.1) is 0 Å². The van der Waals surface area contributed by atoms with Crippen LogP contribution in [0.25, 0.3) is 10.1 Å². The maximum atomic E-state index is 13.0. The molecule has 1 amide bonds. The number of hydrogen-bond acceptors (Lipinski definition) is 4. The van der Waals surface area contributed by atoms with Gasteiger partial charge in [0.05, 0.1) is 10.4 Å². The number of hydrogen-bond donors (Lipinski definition) is 0. The first-order valence-electron chi connectivity index (χ1n) is 8.79. The molecular weight excluding hydrogens is 406 g/mol. The number of carbonyl (C=O) groups is 1. The molecule has 2 aromatic carbocycles. The van der Waals surface area contributed by atoms with Gasteiger partial charge in [-0.15, -0.1) is 11.3 Å². The fraction of sp³-hybridized carbons (Fsp3) is 0.250. The lowest BCUT2D eigenvalue weighted by atomic mass is 10.2. The van der Waals surface area contributed by atoms with Crippen molar-refractivity contribution in [3.63, 3.8) is 0 Å². The Hall–Kier alpha value is -2.38. The normalized spacial score (nSPS) is 14.7. The zero-order chi connectivity index (χ0) is 19.7. The molecule has 2 heterocycles. The summed E-state index contributed by atoms with van der Waals surface area (Å²) in [6.07, 6.45) is 0. The minimum atomic E-state index is -2.95. The molecule has 1 aliphatic heterocycles. The quantitative estimate of drug-likeness (QED) is 0.585. The first-order valence-corrected chi connectivity index (χ1v) is 9.99. The number of rotatable bonds is 4. The molecule has 8 heteroatoms. The number of amides is 1. The maximum absolute atomic E-state index is 13.0. The summed E-state index contributed by atoms with van der Waals surface area (Å²) in [4.78, 5) is 17.3. The summed E-state index contributed by atoms with van der Waals surface area (Å²) in [6.45, 7) is -0.375. The number of carbonyl (C=O) groups excluding carboxylic acids is 1. The molecule has 0 radical (unpaired) electrons. The van der Waals surface area contributed by atoms with Gasteiger partial charge in [-0.1, -0.05) is 35.9 Å². The van der Waals surface area contributed by atoms with Gasteiger partial charge in [0, 0.05) is 36.6 Å². The largest absolute Gasteiger partial charge is 0.434 e. The fourth-order valence-electron chi connectivity index (χ4n) is 3.36. The Bertz CT molecular complexity index is 989. The van der Waals surface area contributed by atoms with Gasteiger partial charge in [0.25, 0.3) is 5.91 Å². The van der Waals surface area contributed by atoms with Crippen LogP contribution in [0.3, 0.4) is 0 Å². The Morgan fingerprint density at radius 3 is 2.43 bits per heavy atom. The lowest BCUT2D eigenvalue weighted by Crippen LogP contribution is -2.48. The monoisotopic (exact) mass is 422 g/mol. The van der Waals surface area contributed by atoms with Gasteiger partial charge in [-0.3, -0.25) is 4.79 Å². The van der Waals surface area contributed by atoms with Crippen LogP contribution in [-0.2, 0) is 0 Å². The minimum absolute atomic E-state index is 0.0123. The summed E-state index contributed by atoms with van der Waals surface area (Å²) in [7, 11) is 0. The third-order valence-electron chi connectivity index (χ3n) is 4.72. The van der Waals surface area contributed by atoms with Gasteiger partial charge in [-0.25, -0.2) is 0 Å². The molecule has 1 fully saturated rings. The van der Waals surface area contributed by atoms with Crippen molar-refractivity contribution in [2.45, 2.75) is 6.61 Å². The Morgan fingerprint density at radius 1 is 1.04 bits per heavy atom. The summed E-state index contributed by atoms with van der Waals surface area (Å²) in [6, 6.07) is 14.8. The number of anilines is 1. The van der Waals surface area contributed by atoms with Crippen LogP contribution < -0.4 is 9.64 Å². The molecule has 0 unspecified atom stereocenters. The van der Waals surface area contributed by atoms with Crippen molar-refractivity contribution >= 4 is 44.6 Å². The van der Waals surface area contributed by atoms with E-state index in [-0.39, 0.29) is 16.7 Å². The molecule has 0 bridgehead atoms. The number of ether oxygens (including phenoxy) is 1. The van der Waals surface area contributed by atoms with Crippen LogP contribution in [-0.4, -0.2) is 43.6 Å². The van der Waals surface area contributed by atoms with Crippen LogP contribution in [0.1, 0.15) is 9.67 Å². The van der Waals surface area contributed by atoms with Crippen molar-refractivity contribution in [2.75, 3.05) is 31.1 Å². The molecule has 3 aromatic rings. The molecule has 4 rings (SSSR count). The van der Waals surface area contributed by atoms with E-state index in [1.54, 1.807) is 17.0 Å². The highest BCUT2D eigenvalue weighted by atomic mass is 35.5. The summed E-state index contributed by atoms with van der Waals surface area (Å²) >= 11 is 7.61. The minimum Gasteiger partial charge on any atom is -0.434 e. The van der Waals surface area contributed by atoms with E-state index < -0.39 is 6.61 Å². The summed E-state index contributed by atoms with van der Waals surface area (Å²) in [5.74, 6) is -0.191. The van der Waals surface area contributed by atoms with Gasteiger partial charge in [0.1, 0.15) is 10.6 Å². The van der Waals surface area contributed by atoms with Crippen molar-refractivity contribution in [1.82, 2.24) is 4.90 Å². The highest BCUT2D eigenvalue weighted by Crippen LogP contribution is 2.41. The van der Waals surface area contributed by atoms with Crippen LogP contribution in [0.5, 0.6) is 5.75 Å². The van der Waals surface area contributed by atoms with Crippen LogP contribution in [0.4, 0.5) is 14.5 Å². The van der Waals surface area contributed by atoms with Crippen molar-refractivity contribution in [2.24, 2.45) is 0 Å². The van der Waals surface area contributed by atoms with Gasteiger partial charge in [-0.2, -0.15) is 8.78 Å². The lowest BCUT2D eigenvalue weighted by molar-refractivity contribution is -0.0487. The van der Waals surface area contributed by atoms with E-state index >= 15 is 0 Å². The fourth-order valence-corrected chi connectivity index (χ4v) is 4.89. The molecule has 1 aliphatic rings. The van der Waals surface area contributed by atoms with E-state index in [1.807, 2.05) is 30.3 Å². The summed E-state index contributed by atoms with van der Waals surface area (Å²) < 4.78 is 30.6. The zero-order valence-electron chi connectivity index (χ0n) is 14.8. The molecule has 28 heavy (non-hydrogen) atoms. The lowest BCUT2D eigenvalue weighted by Gasteiger charge is -2.36. The summed E-state index contributed by atoms with van der Waals surface area (Å²) in [5, 5.41) is 0.535. The Kier molecular flexibility index (Phi) is 5.37. The molecule has 0 saturated carbocycles. The number of nitrogens with zero attached hydrogens (tertiary/aromatic N) is 2. The number of benzene rings is 2. The predicted octanol–water partition coefficient (Wildman–Crippen LogP) is 5.12. The molecule has 4 nitrogen and oxygen atoms in total. The highest BCUT2D eigenvalue weighted by molar-refractivity contribution is 7.21. The second-order valence-electron chi connectivity index (χ2n) is 6.37. The number of thiophene rings is 1. The Morgan fingerprint density at radius 2 is 1.75 bits per heavy atom. The van der Waals surface area contributed by atoms with Crippen molar-refractivity contribution in [3.05, 3.63) is 58.4 Å². The molecule has 0 aliphatic carbocycles.